The number of fused-ring (bicyclic) bond motifs is 4. The predicted molar refractivity (Wildman–Crippen MR) is 120 cm³/mol. The van der Waals surface area contributed by atoms with Crippen LogP contribution in [0.4, 0.5) is 5.95 Å². The van der Waals surface area contributed by atoms with Gasteiger partial charge in [0, 0.05) is 23.9 Å². The molecule has 3 aliphatic rings. The van der Waals surface area contributed by atoms with Gasteiger partial charge in [-0.2, -0.15) is 4.98 Å². The summed E-state index contributed by atoms with van der Waals surface area (Å²) in [6.07, 6.45) is 11.5. The average Bonchev–Trinajstić information content (AvgIpc) is 3.22. The van der Waals surface area contributed by atoms with E-state index in [1.54, 1.807) is 0 Å². The third-order valence-electron chi connectivity index (χ3n) is 8.03. The van der Waals surface area contributed by atoms with Crippen LogP contribution in [0.15, 0.2) is 18.2 Å². The number of aromatic nitrogens is 3. The van der Waals surface area contributed by atoms with Crippen LogP contribution in [0.5, 0.6) is 0 Å². The molecule has 2 fully saturated rings. The van der Waals surface area contributed by atoms with Gasteiger partial charge >= 0.3 is 0 Å². The summed E-state index contributed by atoms with van der Waals surface area (Å²) in [4.78, 5) is 20.2. The highest BCUT2D eigenvalue weighted by atomic mass is 16.2. The lowest BCUT2D eigenvalue weighted by Crippen LogP contribution is -2.61. The Bertz CT molecular complexity index is 956. The molecular formula is C25H34N4O. The van der Waals surface area contributed by atoms with Gasteiger partial charge in [0.15, 0.2) is 5.82 Å². The van der Waals surface area contributed by atoms with Crippen LogP contribution in [0, 0.1) is 19.8 Å². The number of benzene rings is 1. The molecule has 1 aromatic heterocycles. The van der Waals surface area contributed by atoms with Gasteiger partial charge in [-0.15, -0.1) is 5.10 Å². The van der Waals surface area contributed by atoms with Crippen molar-refractivity contribution in [3.8, 4) is 11.4 Å². The molecule has 1 spiro atoms. The van der Waals surface area contributed by atoms with Crippen LogP contribution < -0.4 is 4.90 Å². The maximum absolute atomic E-state index is 13.1. The molecule has 2 aromatic rings. The maximum Gasteiger partial charge on any atom is 0.231 e. The van der Waals surface area contributed by atoms with Crippen LogP contribution in [-0.4, -0.2) is 26.7 Å². The molecule has 5 rings (SSSR count). The standard InChI is InChI=1S/C25H34N4O/c1-4-22(30)28-21-11-7-6-10-20(21)25(14-8-5-9-15-25)29-24(28)26-23(27-29)19-13-12-17(2)18(3)16-19/h12-13,16,20-21H,4-11,14-15H2,1-3H3. The van der Waals surface area contributed by atoms with Gasteiger partial charge in [0.25, 0.3) is 0 Å². The van der Waals surface area contributed by atoms with E-state index in [9.17, 15) is 4.79 Å². The van der Waals surface area contributed by atoms with E-state index in [4.69, 9.17) is 10.1 Å². The monoisotopic (exact) mass is 406 g/mol. The normalized spacial score (nSPS) is 25.1. The van der Waals surface area contributed by atoms with Crippen molar-refractivity contribution >= 4 is 11.9 Å². The summed E-state index contributed by atoms with van der Waals surface area (Å²) in [5.74, 6) is 2.27. The average molecular weight is 407 g/mol. The molecule has 0 bridgehead atoms. The summed E-state index contributed by atoms with van der Waals surface area (Å²) < 4.78 is 2.22. The molecule has 5 heteroatoms. The molecule has 2 heterocycles. The Labute approximate surface area is 179 Å². The van der Waals surface area contributed by atoms with Crippen molar-refractivity contribution in [3.05, 3.63) is 29.3 Å². The highest BCUT2D eigenvalue weighted by Gasteiger charge is 2.54. The molecule has 0 saturated heterocycles. The summed E-state index contributed by atoms with van der Waals surface area (Å²) in [6.45, 7) is 6.24. The van der Waals surface area contributed by atoms with Crippen molar-refractivity contribution in [1.82, 2.24) is 14.8 Å². The summed E-state index contributed by atoms with van der Waals surface area (Å²) in [6, 6.07) is 6.74. The fourth-order valence-electron chi connectivity index (χ4n) is 6.33. The Morgan fingerprint density at radius 3 is 2.57 bits per heavy atom. The number of carbonyl (C=O) groups is 1. The van der Waals surface area contributed by atoms with Crippen LogP contribution in [-0.2, 0) is 10.3 Å². The van der Waals surface area contributed by atoms with E-state index in [1.807, 2.05) is 11.8 Å². The minimum atomic E-state index is 0.0359. The van der Waals surface area contributed by atoms with E-state index in [2.05, 4.69) is 36.7 Å². The Morgan fingerprint density at radius 1 is 1.07 bits per heavy atom. The van der Waals surface area contributed by atoms with Crippen LogP contribution in [0.2, 0.25) is 0 Å². The first-order valence-electron chi connectivity index (χ1n) is 11.9. The molecule has 160 valence electrons. The number of rotatable bonds is 2. The van der Waals surface area contributed by atoms with Gasteiger partial charge in [0.1, 0.15) is 0 Å². The molecule has 2 atom stereocenters. The first-order valence-corrected chi connectivity index (χ1v) is 11.9. The molecule has 30 heavy (non-hydrogen) atoms. The quantitative estimate of drug-likeness (QED) is 0.658. The highest BCUT2D eigenvalue weighted by Crippen LogP contribution is 2.53. The number of amides is 1. The van der Waals surface area contributed by atoms with Gasteiger partial charge in [-0.25, -0.2) is 4.68 Å². The second-order valence-corrected chi connectivity index (χ2v) is 9.69. The van der Waals surface area contributed by atoms with Gasteiger partial charge in [-0.1, -0.05) is 51.2 Å². The van der Waals surface area contributed by atoms with Gasteiger partial charge in [0.05, 0.1) is 5.54 Å². The van der Waals surface area contributed by atoms with Crippen molar-refractivity contribution in [3.63, 3.8) is 0 Å². The van der Waals surface area contributed by atoms with E-state index in [1.165, 1.54) is 62.5 Å². The molecular weight excluding hydrogens is 372 g/mol. The molecule has 1 aromatic carbocycles. The third-order valence-corrected chi connectivity index (χ3v) is 8.03. The van der Waals surface area contributed by atoms with Crippen molar-refractivity contribution in [1.29, 1.82) is 0 Å². The topological polar surface area (TPSA) is 51.0 Å². The number of hydrogen-bond donors (Lipinski definition) is 0. The van der Waals surface area contributed by atoms with E-state index in [-0.39, 0.29) is 17.5 Å². The van der Waals surface area contributed by atoms with Gasteiger partial charge < -0.3 is 0 Å². The third kappa shape index (κ3) is 2.92. The fourth-order valence-corrected chi connectivity index (χ4v) is 6.33. The number of aryl methyl sites for hydroxylation is 2. The fraction of sp³-hybridized carbons (Fsp3) is 0.640. The van der Waals surface area contributed by atoms with Gasteiger partial charge in [-0.05, 0) is 56.7 Å². The van der Waals surface area contributed by atoms with Crippen molar-refractivity contribution < 1.29 is 4.79 Å². The van der Waals surface area contributed by atoms with Gasteiger partial charge in [-0.3, -0.25) is 9.69 Å². The van der Waals surface area contributed by atoms with E-state index < -0.39 is 0 Å². The number of hydrogen-bond acceptors (Lipinski definition) is 3. The number of anilines is 1. The Hall–Kier alpha value is -2.17. The lowest BCUT2D eigenvalue weighted by molar-refractivity contribution is -0.120. The molecule has 1 aliphatic heterocycles. The summed E-state index contributed by atoms with van der Waals surface area (Å²) in [7, 11) is 0. The largest absolute Gasteiger partial charge is 0.277 e. The van der Waals surface area contributed by atoms with Crippen LogP contribution in [0.1, 0.15) is 82.3 Å². The zero-order chi connectivity index (χ0) is 20.9. The summed E-state index contributed by atoms with van der Waals surface area (Å²) >= 11 is 0. The second kappa shape index (κ2) is 7.51. The molecule has 2 saturated carbocycles. The van der Waals surface area contributed by atoms with Gasteiger partial charge in [0.2, 0.25) is 11.9 Å². The molecule has 2 aliphatic carbocycles. The van der Waals surface area contributed by atoms with E-state index in [0.29, 0.717) is 12.3 Å². The van der Waals surface area contributed by atoms with E-state index in [0.717, 1.165) is 23.8 Å². The lowest BCUT2D eigenvalue weighted by atomic mass is 9.64. The zero-order valence-electron chi connectivity index (χ0n) is 18.7. The molecule has 2 unspecified atom stereocenters. The molecule has 0 radical (unpaired) electrons. The SMILES string of the molecule is CCC(=O)N1c2nc(-c3ccc(C)c(C)c3)nn2C2(CCCCC2)C2CCCCC21. The first-order chi connectivity index (χ1) is 14.5. The zero-order valence-corrected chi connectivity index (χ0v) is 18.7. The number of nitrogens with zero attached hydrogens (tertiary/aromatic N) is 4. The second-order valence-electron chi connectivity index (χ2n) is 9.69. The lowest BCUT2D eigenvalue weighted by Gasteiger charge is -2.55. The van der Waals surface area contributed by atoms with E-state index >= 15 is 0 Å². The Balaban J connectivity index is 1.70. The molecule has 1 amide bonds. The number of carbonyl (C=O) groups excluding carboxylic acids is 1. The highest BCUT2D eigenvalue weighted by molar-refractivity contribution is 5.92. The Morgan fingerprint density at radius 2 is 1.83 bits per heavy atom. The minimum Gasteiger partial charge on any atom is -0.277 e. The molecule has 0 N–H and O–H groups in total. The predicted octanol–water partition coefficient (Wildman–Crippen LogP) is 5.54. The van der Waals surface area contributed by atoms with Crippen LogP contribution in [0.25, 0.3) is 11.4 Å². The van der Waals surface area contributed by atoms with Crippen molar-refractivity contribution in [2.75, 3.05) is 4.90 Å². The van der Waals surface area contributed by atoms with Crippen molar-refractivity contribution in [2.24, 2.45) is 5.92 Å². The maximum atomic E-state index is 13.1. The van der Waals surface area contributed by atoms with Crippen LogP contribution in [0.3, 0.4) is 0 Å². The van der Waals surface area contributed by atoms with Crippen molar-refractivity contribution in [2.45, 2.75) is 96.6 Å². The molecule has 5 nitrogen and oxygen atoms in total. The minimum absolute atomic E-state index is 0.0359. The Kier molecular flexibility index (Phi) is 4.95. The smallest absolute Gasteiger partial charge is 0.231 e. The summed E-state index contributed by atoms with van der Waals surface area (Å²) in [5.41, 5.74) is 3.62. The first kappa shape index (κ1) is 19.8. The van der Waals surface area contributed by atoms with Crippen LogP contribution >= 0.6 is 0 Å². The summed E-state index contributed by atoms with van der Waals surface area (Å²) in [5, 5.41) is 5.14.